The zero-order chi connectivity index (χ0) is 26.8. The minimum atomic E-state index is -0.737. The lowest BCUT2D eigenvalue weighted by Gasteiger charge is -2.20. The molecule has 1 fully saturated rings. The van der Waals surface area contributed by atoms with E-state index in [2.05, 4.69) is 6.07 Å². The predicted octanol–water partition coefficient (Wildman–Crippen LogP) is 5.71. The van der Waals surface area contributed by atoms with Gasteiger partial charge in [-0.05, 0) is 31.9 Å². The van der Waals surface area contributed by atoms with Crippen LogP contribution in [0.15, 0.2) is 0 Å². The second-order valence-electron chi connectivity index (χ2n) is 7.58. The van der Waals surface area contributed by atoms with Crippen molar-refractivity contribution in [3.8, 4) is 6.07 Å². The maximum atomic E-state index is 12.1. The van der Waals surface area contributed by atoms with Gasteiger partial charge in [0.25, 0.3) is 0 Å². The summed E-state index contributed by atoms with van der Waals surface area (Å²) in [6.07, 6.45) is 2.50. The zero-order valence-electron chi connectivity index (χ0n) is 20.5. The molecule has 1 aliphatic rings. The van der Waals surface area contributed by atoms with Gasteiger partial charge in [0.15, 0.2) is 0 Å². The van der Waals surface area contributed by atoms with Crippen LogP contribution in [0, 0.1) is 11.3 Å². The van der Waals surface area contributed by atoms with E-state index < -0.39 is 4.75 Å². The summed E-state index contributed by atoms with van der Waals surface area (Å²) in [5.74, 6) is 2.42. The number of unbranched alkanes of at least 4 members (excludes halogenated alkanes) is 1. The molecule has 202 valence electrons. The van der Waals surface area contributed by atoms with Gasteiger partial charge in [0.2, 0.25) is 5.91 Å². The van der Waals surface area contributed by atoms with Gasteiger partial charge in [-0.1, -0.05) is 76.5 Å². The summed E-state index contributed by atoms with van der Waals surface area (Å²) in [5, 5.41) is 9.44. The third-order valence-electron chi connectivity index (χ3n) is 4.64. The van der Waals surface area contributed by atoms with Gasteiger partial charge >= 0.3 is 11.9 Å². The standard InChI is InChI=1S/C22H32N2O5S7/c1-3-32-21(31)36-22(2,16-23)9-8-19(27)29-12-15-35-34-14-11-28-18(26)7-5-4-6-17(25)24-10-13-33-20(24)30/h3-15H2,1-2H3. The first kappa shape index (κ1) is 33.9. The highest BCUT2D eigenvalue weighted by Crippen LogP contribution is 2.34. The molecule has 0 aromatic rings. The van der Waals surface area contributed by atoms with Crippen LogP contribution in [-0.2, 0) is 23.9 Å². The molecule has 7 nitrogen and oxygen atoms in total. The van der Waals surface area contributed by atoms with Crippen LogP contribution in [0.2, 0.25) is 0 Å². The smallest absolute Gasteiger partial charge is 0.305 e. The van der Waals surface area contributed by atoms with Crippen LogP contribution < -0.4 is 0 Å². The Labute approximate surface area is 245 Å². The molecule has 0 aliphatic carbocycles. The van der Waals surface area contributed by atoms with Crippen molar-refractivity contribution in [3.05, 3.63) is 0 Å². The first-order chi connectivity index (χ1) is 17.2. The monoisotopic (exact) mass is 628 g/mol. The van der Waals surface area contributed by atoms with Crippen molar-refractivity contribution < 1.29 is 23.9 Å². The van der Waals surface area contributed by atoms with Gasteiger partial charge in [-0.3, -0.25) is 19.3 Å². The number of nitrogens with zero attached hydrogens (tertiary/aromatic N) is 2. The van der Waals surface area contributed by atoms with Crippen molar-refractivity contribution in [2.45, 2.75) is 57.1 Å². The second kappa shape index (κ2) is 19.8. The molecule has 1 unspecified atom stereocenters. The molecule has 1 rings (SSSR count). The number of hydrogen-bond acceptors (Lipinski definition) is 13. The van der Waals surface area contributed by atoms with Gasteiger partial charge in [0.05, 0.1) is 6.07 Å². The predicted molar refractivity (Wildman–Crippen MR) is 164 cm³/mol. The topological polar surface area (TPSA) is 96.7 Å². The largest absolute Gasteiger partial charge is 0.465 e. The van der Waals surface area contributed by atoms with Crippen LogP contribution in [-0.4, -0.2) is 78.1 Å². The summed E-state index contributed by atoms with van der Waals surface area (Å²) in [7, 11) is 3.09. The minimum Gasteiger partial charge on any atom is -0.465 e. The normalized spacial score (nSPS) is 14.7. The van der Waals surface area contributed by atoms with Crippen molar-refractivity contribution in [1.82, 2.24) is 4.90 Å². The van der Waals surface area contributed by atoms with Gasteiger partial charge in [-0.2, -0.15) is 5.26 Å². The molecule has 1 atom stereocenters. The summed E-state index contributed by atoms with van der Waals surface area (Å²) in [5.41, 5.74) is 0. The van der Waals surface area contributed by atoms with Gasteiger partial charge in [-0.15, -0.1) is 11.8 Å². The summed E-state index contributed by atoms with van der Waals surface area (Å²) < 4.78 is 11.1. The number of rotatable bonds is 17. The average molecular weight is 629 g/mol. The van der Waals surface area contributed by atoms with E-state index in [1.54, 1.807) is 33.4 Å². The van der Waals surface area contributed by atoms with E-state index in [1.165, 1.54) is 35.3 Å². The Morgan fingerprint density at radius 3 is 2.28 bits per heavy atom. The summed E-state index contributed by atoms with van der Waals surface area (Å²) >= 11 is 14.8. The molecule has 1 aliphatic heterocycles. The van der Waals surface area contributed by atoms with E-state index in [4.69, 9.17) is 33.9 Å². The number of esters is 2. The van der Waals surface area contributed by atoms with Gasteiger partial charge < -0.3 is 9.47 Å². The molecule has 0 radical (unpaired) electrons. The van der Waals surface area contributed by atoms with E-state index in [1.807, 2.05) is 6.92 Å². The molecule has 14 heteroatoms. The quantitative estimate of drug-likeness (QED) is 0.0852. The van der Waals surface area contributed by atoms with Crippen LogP contribution in [0.5, 0.6) is 0 Å². The van der Waals surface area contributed by atoms with Crippen LogP contribution in [0.3, 0.4) is 0 Å². The second-order valence-corrected chi connectivity index (χ2v) is 16.0. The molecule has 0 aromatic carbocycles. The number of ether oxygens (including phenoxy) is 2. The molecule has 0 aromatic heterocycles. The fourth-order valence-electron chi connectivity index (χ4n) is 2.74. The van der Waals surface area contributed by atoms with Gasteiger partial charge in [0, 0.05) is 43.1 Å². The number of thiocarbonyl (C=S) groups is 2. The molecule has 0 spiro atoms. The fraction of sp³-hybridized carbons (Fsp3) is 0.727. The Morgan fingerprint density at radius 2 is 1.72 bits per heavy atom. The van der Waals surface area contributed by atoms with Crippen LogP contribution in [0.4, 0.5) is 0 Å². The summed E-state index contributed by atoms with van der Waals surface area (Å²) in [6.45, 7) is 5.08. The maximum Gasteiger partial charge on any atom is 0.305 e. The third kappa shape index (κ3) is 15.3. The Bertz CT molecular complexity index is 808. The van der Waals surface area contributed by atoms with Crippen LogP contribution >= 0.6 is 81.3 Å². The highest BCUT2D eigenvalue weighted by atomic mass is 33.1. The van der Waals surface area contributed by atoms with Gasteiger partial charge in [-0.25, -0.2) is 0 Å². The van der Waals surface area contributed by atoms with Crippen molar-refractivity contribution in [1.29, 1.82) is 5.26 Å². The number of carbonyl (C=O) groups is 3. The minimum absolute atomic E-state index is 0.0309. The van der Waals surface area contributed by atoms with E-state index in [9.17, 15) is 19.6 Å². The molecule has 36 heavy (non-hydrogen) atoms. The first-order valence-electron chi connectivity index (χ1n) is 11.5. The van der Waals surface area contributed by atoms with Gasteiger partial charge in [0.1, 0.15) is 25.8 Å². The fourth-order valence-corrected chi connectivity index (χ4v) is 8.54. The number of nitriles is 1. The van der Waals surface area contributed by atoms with Crippen LogP contribution in [0.25, 0.3) is 0 Å². The molecule has 1 amide bonds. The van der Waals surface area contributed by atoms with E-state index in [0.29, 0.717) is 64.6 Å². The van der Waals surface area contributed by atoms with Crippen molar-refractivity contribution in [2.24, 2.45) is 0 Å². The average Bonchev–Trinajstić information content (AvgIpc) is 3.28. The zero-order valence-corrected chi connectivity index (χ0v) is 26.2. The molecular weight excluding hydrogens is 597 g/mol. The lowest BCUT2D eigenvalue weighted by molar-refractivity contribution is -0.144. The molecule has 0 N–H and O–H groups in total. The molecular formula is C22H32N2O5S7. The highest BCUT2D eigenvalue weighted by Gasteiger charge is 2.28. The highest BCUT2D eigenvalue weighted by molar-refractivity contribution is 8.76. The SMILES string of the molecule is CCSC(=S)SC(C)(C#N)CCC(=O)OCCSSCCOC(=O)CCCCC(=O)N1CCSC1=S. The Morgan fingerprint density at radius 1 is 1.11 bits per heavy atom. The van der Waals surface area contributed by atoms with Crippen molar-refractivity contribution in [2.75, 3.05) is 42.8 Å². The molecule has 1 saturated heterocycles. The molecule has 1 heterocycles. The Balaban J connectivity index is 1.99. The Hall–Kier alpha value is -0.170. The summed E-state index contributed by atoms with van der Waals surface area (Å²) in [6, 6.07) is 2.25. The van der Waals surface area contributed by atoms with E-state index in [-0.39, 0.29) is 30.9 Å². The number of hydrogen-bond donors (Lipinski definition) is 0. The molecule has 0 saturated carbocycles. The Kier molecular flexibility index (Phi) is 18.7. The summed E-state index contributed by atoms with van der Waals surface area (Å²) in [4.78, 5) is 37.5. The number of carbonyl (C=O) groups excluding carboxylic acids is 3. The lowest BCUT2D eigenvalue weighted by atomic mass is 10.1. The van der Waals surface area contributed by atoms with Crippen molar-refractivity contribution in [3.63, 3.8) is 0 Å². The molecule has 0 bridgehead atoms. The lowest BCUT2D eigenvalue weighted by Crippen LogP contribution is -2.30. The first-order valence-corrected chi connectivity index (χ1v) is 17.6. The maximum absolute atomic E-state index is 12.1. The number of amides is 1. The van der Waals surface area contributed by atoms with Crippen LogP contribution in [0.1, 0.15) is 52.4 Å². The van der Waals surface area contributed by atoms with E-state index >= 15 is 0 Å². The number of thioether (sulfide) groups is 3. The van der Waals surface area contributed by atoms with E-state index in [0.717, 1.165) is 11.5 Å². The third-order valence-corrected chi connectivity index (χ3v) is 11.0. The van der Waals surface area contributed by atoms with Crippen molar-refractivity contribution >= 4 is 107 Å².